The number of amides is 1. The average molecular weight is 515 g/mol. The molecule has 3 aromatic rings. The van der Waals surface area contributed by atoms with Gasteiger partial charge in [-0.3, -0.25) is 23.4 Å². The SMILES string of the molecule is CC(C)n1cc(C(=O)NC2CCC(n3c(=O)c4cc(F)cnc4n(C4CCSCC4)c3=O)CC2)cn1. The number of fused-ring (bicyclic) bond motifs is 1. The van der Waals surface area contributed by atoms with Crippen molar-refractivity contribution in [2.45, 2.75) is 76.5 Å². The molecular formula is C25H31FN6O3S. The maximum absolute atomic E-state index is 14.1. The maximum Gasteiger partial charge on any atom is 0.333 e. The molecule has 1 saturated heterocycles. The Labute approximate surface area is 212 Å². The topological polar surface area (TPSA) is 104 Å². The van der Waals surface area contributed by atoms with Crippen LogP contribution in [0.2, 0.25) is 0 Å². The number of carbonyl (C=O) groups excluding carboxylic acids is 1. The number of thioether (sulfide) groups is 1. The van der Waals surface area contributed by atoms with Crippen LogP contribution in [0.5, 0.6) is 0 Å². The van der Waals surface area contributed by atoms with Gasteiger partial charge in [0, 0.05) is 30.4 Å². The lowest BCUT2D eigenvalue weighted by atomic mass is 9.90. The summed E-state index contributed by atoms with van der Waals surface area (Å²) in [6, 6.07) is 0.941. The lowest BCUT2D eigenvalue weighted by Crippen LogP contribution is -2.46. The number of aromatic nitrogens is 5. The van der Waals surface area contributed by atoms with Gasteiger partial charge in [0.05, 0.1) is 23.3 Å². The molecule has 4 heterocycles. The predicted octanol–water partition coefficient (Wildman–Crippen LogP) is 3.46. The van der Waals surface area contributed by atoms with Crippen LogP contribution >= 0.6 is 11.8 Å². The molecule has 0 atom stereocenters. The van der Waals surface area contributed by atoms with Gasteiger partial charge in [0.15, 0.2) is 0 Å². The van der Waals surface area contributed by atoms with E-state index in [-0.39, 0.29) is 46.8 Å². The third kappa shape index (κ3) is 4.72. The van der Waals surface area contributed by atoms with Gasteiger partial charge in [0.25, 0.3) is 11.5 Å². The highest BCUT2D eigenvalue weighted by atomic mass is 32.2. The van der Waals surface area contributed by atoms with E-state index < -0.39 is 11.4 Å². The monoisotopic (exact) mass is 514 g/mol. The average Bonchev–Trinajstić information content (AvgIpc) is 3.37. The highest BCUT2D eigenvalue weighted by Gasteiger charge is 2.30. The fourth-order valence-corrected chi connectivity index (χ4v) is 6.37. The molecule has 1 aliphatic heterocycles. The first-order valence-corrected chi connectivity index (χ1v) is 13.7. The normalized spacial score (nSPS) is 21.2. The molecule has 2 fully saturated rings. The van der Waals surface area contributed by atoms with Crippen LogP contribution in [-0.4, -0.2) is 47.4 Å². The van der Waals surface area contributed by atoms with E-state index >= 15 is 0 Å². The summed E-state index contributed by atoms with van der Waals surface area (Å²) in [6.07, 6.45) is 8.40. The molecule has 3 aromatic heterocycles. The first kappa shape index (κ1) is 24.7. The molecule has 2 aliphatic rings. The number of pyridine rings is 1. The second-order valence-electron chi connectivity index (χ2n) is 9.98. The second kappa shape index (κ2) is 10.2. The Morgan fingerprint density at radius 3 is 2.42 bits per heavy atom. The van der Waals surface area contributed by atoms with Crippen molar-refractivity contribution in [1.82, 2.24) is 29.2 Å². The zero-order valence-electron chi connectivity index (χ0n) is 20.5. The van der Waals surface area contributed by atoms with Gasteiger partial charge < -0.3 is 5.32 Å². The van der Waals surface area contributed by atoms with Crippen LogP contribution in [0.4, 0.5) is 4.39 Å². The van der Waals surface area contributed by atoms with Crippen LogP contribution < -0.4 is 16.6 Å². The molecule has 9 nitrogen and oxygen atoms in total. The number of hydrogen-bond acceptors (Lipinski definition) is 6. The van der Waals surface area contributed by atoms with E-state index in [0.717, 1.165) is 30.5 Å². The molecule has 1 aliphatic carbocycles. The molecule has 0 spiro atoms. The van der Waals surface area contributed by atoms with Crippen LogP contribution in [0, 0.1) is 5.82 Å². The largest absolute Gasteiger partial charge is 0.349 e. The molecule has 192 valence electrons. The lowest BCUT2D eigenvalue weighted by Gasteiger charge is -2.31. The summed E-state index contributed by atoms with van der Waals surface area (Å²) in [4.78, 5) is 43.9. The molecule has 5 rings (SSSR count). The summed E-state index contributed by atoms with van der Waals surface area (Å²) in [6.45, 7) is 3.99. The van der Waals surface area contributed by atoms with Crippen LogP contribution in [0.15, 0.2) is 34.2 Å². The lowest BCUT2D eigenvalue weighted by molar-refractivity contribution is 0.0921. The van der Waals surface area contributed by atoms with Gasteiger partial charge in [-0.25, -0.2) is 14.2 Å². The molecule has 0 bridgehead atoms. The van der Waals surface area contributed by atoms with E-state index in [1.54, 1.807) is 21.6 Å². The Hall–Kier alpha value is -2.95. The minimum absolute atomic E-state index is 0.0518. The third-order valence-electron chi connectivity index (χ3n) is 7.27. The zero-order chi connectivity index (χ0) is 25.4. The Balaban J connectivity index is 1.39. The van der Waals surface area contributed by atoms with E-state index in [4.69, 9.17) is 0 Å². The van der Waals surface area contributed by atoms with Crippen molar-refractivity contribution in [3.05, 3.63) is 56.9 Å². The molecule has 1 N–H and O–H groups in total. The predicted molar refractivity (Wildman–Crippen MR) is 137 cm³/mol. The fourth-order valence-electron chi connectivity index (χ4n) is 5.28. The number of nitrogens with zero attached hydrogens (tertiary/aromatic N) is 5. The van der Waals surface area contributed by atoms with Crippen molar-refractivity contribution in [1.29, 1.82) is 0 Å². The molecule has 1 saturated carbocycles. The minimum atomic E-state index is -0.595. The van der Waals surface area contributed by atoms with E-state index in [1.165, 1.54) is 10.6 Å². The minimum Gasteiger partial charge on any atom is -0.349 e. The molecule has 0 unspecified atom stereocenters. The Kier molecular flexibility index (Phi) is 7.00. The first-order chi connectivity index (χ1) is 17.3. The number of halogens is 1. The van der Waals surface area contributed by atoms with Gasteiger partial charge in [-0.2, -0.15) is 16.9 Å². The van der Waals surface area contributed by atoms with E-state index in [0.29, 0.717) is 31.2 Å². The van der Waals surface area contributed by atoms with Gasteiger partial charge in [-0.05, 0) is 69.9 Å². The highest BCUT2D eigenvalue weighted by molar-refractivity contribution is 7.99. The first-order valence-electron chi connectivity index (χ1n) is 12.6. The molecular weight excluding hydrogens is 483 g/mol. The van der Waals surface area contributed by atoms with Crippen molar-refractivity contribution in [3.63, 3.8) is 0 Å². The summed E-state index contributed by atoms with van der Waals surface area (Å²) in [5.74, 6) is 1.09. The summed E-state index contributed by atoms with van der Waals surface area (Å²) in [5, 5.41) is 7.43. The van der Waals surface area contributed by atoms with Crippen LogP contribution in [-0.2, 0) is 0 Å². The van der Waals surface area contributed by atoms with Crippen LogP contribution in [0.25, 0.3) is 11.0 Å². The number of hydrogen-bond donors (Lipinski definition) is 1. The summed E-state index contributed by atoms with van der Waals surface area (Å²) in [5.41, 5.74) is -0.0730. The Morgan fingerprint density at radius 1 is 1.06 bits per heavy atom. The van der Waals surface area contributed by atoms with Crippen LogP contribution in [0.1, 0.15) is 80.9 Å². The molecule has 36 heavy (non-hydrogen) atoms. The molecule has 11 heteroatoms. The van der Waals surface area contributed by atoms with E-state index in [9.17, 15) is 18.8 Å². The molecule has 1 amide bonds. The summed E-state index contributed by atoms with van der Waals surface area (Å²) in [7, 11) is 0. The van der Waals surface area contributed by atoms with E-state index in [1.807, 2.05) is 25.6 Å². The van der Waals surface area contributed by atoms with Crippen molar-refractivity contribution in [2.24, 2.45) is 0 Å². The van der Waals surface area contributed by atoms with Gasteiger partial charge in [-0.1, -0.05) is 0 Å². The Morgan fingerprint density at radius 2 is 1.75 bits per heavy atom. The summed E-state index contributed by atoms with van der Waals surface area (Å²) < 4.78 is 18.8. The van der Waals surface area contributed by atoms with Gasteiger partial charge in [0.1, 0.15) is 11.5 Å². The standard InChI is InChI=1S/C25H31FN6O3S/c1-15(2)30-14-16(12-28-30)23(33)29-18-3-5-19(6-4-18)32-24(34)21-11-17(26)13-27-22(21)31(25(32)35)20-7-9-36-10-8-20/h11-15,18-20H,3-10H2,1-2H3,(H,29,33). The third-order valence-corrected chi connectivity index (χ3v) is 8.32. The van der Waals surface area contributed by atoms with Crippen molar-refractivity contribution >= 4 is 28.7 Å². The van der Waals surface area contributed by atoms with Gasteiger partial charge in [-0.15, -0.1) is 0 Å². The maximum atomic E-state index is 14.1. The van der Waals surface area contributed by atoms with E-state index in [2.05, 4.69) is 15.4 Å². The smallest absolute Gasteiger partial charge is 0.333 e. The van der Waals surface area contributed by atoms with Gasteiger partial charge in [0.2, 0.25) is 0 Å². The summed E-state index contributed by atoms with van der Waals surface area (Å²) >= 11 is 1.84. The Bertz CT molecular complexity index is 1380. The fraction of sp³-hybridized carbons (Fsp3) is 0.560. The van der Waals surface area contributed by atoms with Crippen molar-refractivity contribution in [2.75, 3.05) is 11.5 Å². The van der Waals surface area contributed by atoms with Crippen molar-refractivity contribution in [3.8, 4) is 0 Å². The highest BCUT2D eigenvalue weighted by Crippen LogP contribution is 2.30. The second-order valence-corrected chi connectivity index (χ2v) is 11.2. The molecule has 0 radical (unpaired) electrons. The number of carbonyl (C=O) groups is 1. The zero-order valence-corrected chi connectivity index (χ0v) is 21.3. The quantitative estimate of drug-likeness (QED) is 0.559. The van der Waals surface area contributed by atoms with Crippen molar-refractivity contribution < 1.29 is 9.18 Å². The number of nitrogens with one attached hydrogen (secondary N) is 1. The van der Waals surface area contributed by atoms with Gasteiger partial charge >= 0.3 is 5.69 Å². The van der Waals surface area contributed by atoms with Crippen LogP contribution in [0.3, 0.4) is 0 Å². The molecule has 0 aromatic carbocycles. The number of rotatable bonds is 5.